The van der Waals surface area contributed by atoms with E-state index < -0.39 is 12.0 Å². The Balaban J connectivity index is 1.59. The van der Waals surface area contributed by atoms with Crippen molar-refractivity contribution in [1.29, 1.82) is 0 Å². The summed E-state index contributed by atoms with van der Waals surface area (Å²) in [6.45, 7) is 0.241. The molecule has 0 unspecified atom stereocenters. The molecule has 3 rings (SSSR count). The van der Waals surface area contributed by atoms with E-state index in [2.05, 4.69) is 10.3 Å². The molecule has 0 aliphatic heterocycles. The number of rotatable bonds is 10. The number of hydrogen-bond donors (Lipinski definition) is 1. The number of benzene rings is 2. The van der Waals surface area contributed by atoms with Gasteiger partial charge < -0.3 is 14.8 Å². The van der Waals surface area contributed by atoms with Gasteiger partial charge in [-0.15, -0.1) is 0 Å². The lowest BCUT2D eigenvalue weighted by Gasteiger charge is -2.17. The lowest BCUT2D eigenvalue weighted by Crippen LogP contribution is -2.42. The molecule has 6 nitrogen and oxygen atoms in total. The molecule has 1 atom stereocenters. The van der Waals surface area contributed by atoms with E-state index in [1.165, 1.54) is 0 Å². The van der Waals surface area contributed by atoms with E-state index >= 15 is 0 Å². The number of hydrogen-bond acceptors (Lipinski definition) is 6. The summed E-state index contributed by atoms with van der Waals surface area (Å²) < 4.78 is 10.6. The number of para-hydroxylation sites is 1. The van der Waals surface area contributed by atoms with Crippen LogP contribution in [0.5, 0.6) is 5.75 Å². The van der Waals surface area contributed by atoms with Crippen molar-refractivity contribution in [3.63, 3.8) is 0 Å². The molecular formula is C24H26N2O4S. The average molecular weight is 439 g/mol. The Labute approximate surface area is 186 Å². The molecule has 1 aromatic heterocycles. The molecule has 0 saturated heterocycles. The van der Waals surface area contributed by atoms with Crippen LogP contribution >= 0.6 is 11.8 Å². The van der Waals surface area contributed by atoms with E-state index in [9.17, 15) is 9.59 Å². The lowest BCUT2D eigenvalue weighted by molar-refractivity contribution is -0.145. The fourth-order valence-electron chi connectivity index (χ4n) is 3.07. The zero-order valence-electron chi connectivity index (χ0n) is 17.7. The van der Waals surface area contributed by atoms with Gasteiger partial charge in [-0.05, 0) is 48.3 Å². The van der Waals surface area contributed by atoms with Gasteiger partial charge in [-0.1, -0.05) is 36.4 Å². The molecule has 0 saturated carbocycles. The number of aromatic nitrogens is 1. The fourth-order valence-corrected chi connectivity index (χ4v) is 3.54. The minimum atomic E-state index is -0.718. The molecule has 31 heavy (non-hydrogen) atoms. The van der Waals surface area contributed by atoms with Gasteiger partial charge in [0, 0.05) is 11.8 Å². The van der Waals surface area contributed by atoms with E-state index in [1.54, 1.807) is 24.9 Å². The molecule has 1 N–H and O–H groups in total. The maximum Gasteiger partial charge on any atom is 0.328 e. The third-order valence-electron chi connectivity index (χ3n) is 4.83. The summed E-state index contributed by atoms with van der Waals surface area (Å²) in [6, 6.07) is 18.0. The minimum Gasteiger partial charge on any atom is -0.497 e. The van der Waals surface area contributed by atoms with Gasteiger partial charge >= 0.3 is 5.97 Å². The first kappa shape index (κ1) is 22.6. The van der Waals surface area contributed by atoms with Crippen LogP contribution in [0.25, 0.3) is 10.9 Å². The molecule has 2 aromatic carbocycles. The van der Waals surface area contributed by atoms with Gasteiger partial charge in [0.2, 0.25) is 0 Å². The second-order valence-corrected chi connectivity index (χ2v) is 7.95. The first-order valence-corrected chi connectivity index (χ1v) is 11.4. The number of esters is 1. The van der Waals surface area contributed by atoms with E-state index in [-0.39, 0.29) is 18.2 Å². The number of nitrogens with zero attached hydrogens (tertiary/aromatic N) is 1. The molecule has 0 spiro atoms. The summed E-state index contributed by atoms with van der Waals surface area (Å²) in [5.74, 6) is 0.687. The lowest BCUT2D eigenvalue weighted by atomic mass is 10.1. The Bertz CT molecular complexity index is 1020. The van der Waals surface area contributed by atoms with Crippen LogP contribution in [0.1, 0.15) is 22.5 Å². The van der Waals surface area contributed by atoms with Gasteiger partial charge in [-0.25, -0.2) is 9.78 Å². The molecule has 1 heterocycles. The number of ether oxygens (including phenoxy) is 2. The highest BCUT2D eigenvalue weighted by Gasteiger charge is 2.23. The van der Waals surface area contributed by atoms with Crippen molar-refractivity contribution < 1.29 is 19.1 Å². The van der Waals surface area contributed by atoms with Gasteiger partial charge in [0.25, 0.3) is 5.91 Å². The van der Waals surface area contributed by atoms with Gasteiger partial charge in [-0.3, -0.25) is 4.79 Å². The molecule has 7 heteroatoms. The van der Waals surface area contributed by atoms with Crippen LogP contribution in [0.15, 0.2) is 60.7 Å². The first-order chi connectivity index (χ1) is 15.1. The highest BCUT2D eigenvalue weighted by Crippen LogP contribution is 2.13. The zero-order valence-corrected chi connectivity index (χ0v) is 18.5. The van der Waals surface area contributed by atoms with Crippen LogP contribution in [0.4, 0.5) is 0 Å². The summed E-state index contributed by atoms with van der Waals surface area (Å²) in [4.78, 5) is 29.8. The maximum atomic E-state index is 12.7. The van der Waals surface area contributed by atoms with Crippen molar-refractivity contribution in [3.05, 3.63) is 71.9 Å². The van der Waals surface area contributed by atoms with Crippen LogP contribution in [0.3, 0.4) is 0 Å². The van der Waals surface area contributed by atoms with Crippen LogP contribution in [-0.2, 0) is 16.0 Å². The molecular weight excluding hydrogens is 412 g/mol. The van der Waals surface area contributed by atoms with E-state index in [0.717, 1.165) is 28.0 Å². The number of carbonyl (C=O) groups is 2. The number of pyridine rings is 1. The number of nitrogens with one attached hydrogen (secondary N) is 1. The van der Waals surface area contributed by atoms with E-state index in [4.69, 9.17) is 9.47 Å². The average Bonchev–Trinajstić information content (AvgIpc) is 2.81. The number of thioether (sulfide) groups is 1. The monoisotopic (exact) mass is 438 g/mol. The van der Waals surface area contributed by atoms with Crippen molar-refractivity contribution in [2.24, 2.45) is 0 Å². The Morgan fingerprint density at radius 3 is 2.58 bits per heavy atom. The molecule has 1 amide bonds. The third kappa shape index (κ3) is 6.46. The Morgan fingerprint density at radius 1 is 1.06 bits per heavy atom. The smallest absolute Gasteiger partial charge is 0.328 e. The standard InChI is InChI=1S/C24H26N2O4S/c1-29-19-10-7-17(8-11-19)13-15-30-24(28)22(14-16-31-2)26-23(27)21-12-9-18-5-3-4-6-20(18)25-21/h3-12,22H,13-16H2,1-2H3,(H,26,27)/t22-/m0/s1. The second kappa shape index (κ2) is 11.4. The van der Waals surface area contributed by atoms with Crippen molar-refractivity contribution in [3.8, 4) is 5.75 Å². The highest BCUT2D eigenvalue weighted by atomic mass is 32.2. The summed E-state index contributed by atoms with van der Waals surface area (Å²) in [7, 11) is 1.62. The predicted molar refractivity (Wildman–Crippen MR) is 124 cm³/mol. The van der Waals surface area contributed by atoms with Crippen LogP contribution in [0.2, 0.25) is 0 Å². The van der Waals surface area contributed by atoms with Crippen molar-refractivity contribution >= 4 is 34.5 Å². The highest BCUT2D eigenvalue weighted by molar-refractivity contribution is 7.98. The van der Waals surface area contributed by atoms with E-state index in [0.29, 0.717) is 12.8 Å². The number of fused-ring (bicyclic) bond motifs is 1. The Hall–Kier alpha value is -3.06. The minimum absolute atomic E-state index is 0.241. The van der Waals surface area contributed by atoms with Crippen LogP contribution in [0, 0.1) is 0 Å². The van der Waals surface area contributed by atoms with E-state index in [1.807, 2.05) is 60.9 Å². The summed E-state index contributed by atoms with van der Waals surface area (Å²) in [5, 5.41) is 3.75. The third-order valence-corrected chi connectivity index (χ3v) is 5.47. The van der Waals surface area contributed by atoms with Gasteiger partial charge in [0.05, 0.1) is 19.2 Å². The molecule has 0 fully saturated rings. The maximum absolute atomic E-state index is 12.7. The summed E-state index contributed by atoms with van der Waals surface area (Å²) in [5.41, 5.74) is 2.05. The Morgan fingerprint density at radius 2 is 1.84 bits per heavy atom. The summed E-state index contributed by atoms with van der Waals surface area (Å²) >= 11 is 1.61. The molecule has 0 bridgehead atoms. The van der Waals surface area contributed by atoms with Gasteiger partial charge in [0.1, 0.15) is 17.5 Å². The number of carbonyl (C=O) groups excluding carboxylic acids is 2. The Kier molecular flexibility index (Phi) is 8.29. The molecule has 0 aliphatic rings. The topological polar surface area (TPSA) is 77.5 Å². The number of methoxy groups -OCH3 is 1. The number of amides is 1. The molecule has 0 radical (unpaired) electrons. The molecule has 162 valence electrons. The zero-order chi connectivity index (χ0) is 22.1. The molecule has 3 aromatic rings. The van der Waals surface area contributed by atoms with Crippen LogP contribution < -0.4 is 10.1 Å². The van der Waals surface area contributed by atoms with Crippen molar-refractivity contribution in [2.75, 3.05) is 25.7 Å². The second-order valence-electron chi connectivity index (χ2n) is 6.96. The SMILES string of the molecule is COc1ccc(CCOC(=O)[C@H](CCSC)NC(=O)c2ccc3ccccc3n2)cc1. The fraction of sp³-hybridized carbons (Fsp3) is 0.292. The van der Waals surface area contributed by atoms with Crippen molar-refractivity contribution in [2.45, 2.75) is 18.9 Å². The predicted octanol–water partition coefficient (Wildman–Crippen LogP) is 3.88. The largest absolute Gasteiger partial charge is 0.497 e. The first-order valence-electron chi connectivity index (χ1n) is 10.1. The van der Waals surface area contributed by atoms with Gasteiger partial charge in [-0.2, -0.15) is 11.8 Å². The molecule has 0 aliphatic carbocycles. The van der Waals surface area contributed by atoms with Crippen LogP contribution in [-0.4, -0.2) is 48.6 Å². The normalized spacial score (nSPS) is 11.7. The summed E-state index contributed by atoms with van der Waals surface area (Å²) in [6.07, 6.45) is 3.03. The quantitative estimate of drug-likeness (QED) is 0.484. The van der Waals surface area contributed by atoms with Crippen molar-refractivity contribution in [1.82, 2.24) is 10.3 Å². The van der Waals surface area contributed by atoms with Gasteiger partial charge in [0.15, 0.2) is 0 Å².